The minimum absolute atomic E-state index is 0.0353. The Morgan fingerprint density at radius 2 is 2.29 bits per heavy atom. The van der Waals surface area contributed by atoms with Crippen LogP contribution < -0.4 is 5.32 Å². The second kappa shape index (κ2) is 6.09. The Balaban J connectivity index is 2.49. The molecule has 0 fully saturated rings. The van der Waals surface area contributed by atoms with Crippen molar-refractivity contribution in [3.8, 4) is 0 Å². The molecule has 1 amide bonds. The van der Waals surface area contributed by atoms with Crippen molar-refractivity contribution in [3.63, 3.8) is 0 Å². The molecule has 17 heavy (non-hydrogen) atoms. The van der Waals surface area contributed by atoms with Crippen molar-refractivity contribution in [3.05, 3.63) is 11.9 Å². The standard InChI is InChI=1S/C8H12N4O4S/c1-17(16)3-2-9-8(15)6-4-12(11-10-6)5-7(13)14/h4H,2-3,5H2,1H3,(H,9,15)(H,13,14). The smallest absolute Gasteiger partial charge is 0.325 e. The van der Waals surface area contributed by atoms with Gasteiger partial charge in [0, 0.05) is 29.4 Å². The van der Waals surface area contributed by atoms with Crippen molar-refractivity contribution < 1.29 is 18.9 Å². The summed E-state index contributed by atoms with van der Waals surface area (Å²) in [6.45, 7) is -0.0764. The van der Waals surface area contributed by atoms with E-state index in [0.29, 0.717) is 5.75 Å². The Kier molecular flexibility index (Phi) is 4.76. The number of nitrogens with one attached hydrogen (secondary N) is 1. The molecule has 1 heterocycles. The van der Waals surface area contributed by atoms with E-state index in [9.17, 15) is 13.8 Å². The third kappa shape index (κ3) is 4.72. The SMILES string of the molecule is CS(=O)CCNC(=O)c1cn(CC(=O)O)nn1. The number of carboxylic acid groups (broad SMARTS) is 1. The van der Waals surface area contributed by atoms with E-state index in [1.54, 1.807) is 0 Å². The summed E-state index contributed by atoms with van der Waals surface area (Å²) in [5, 5.41) is 18.0. The monoisotopic (exact) mass is 260 g/mol. The van der Waals surface area contributed by atoms with Crippen LogP contribution in [0.3, 0.4) is 0 Å². The molecule has 94 valence electrons. The van der Waals surface area contributed by atoms with E-state index < -0.39 is 22.7 Å². The molecule has 1 unspecified atom stereocenters. The van der Waals surface area contributed by atoms with Crippen LogP contribution >= 0.6 is 0 Å². The van der Waals surface area contributed by atoms with Gasteiger partial charge in [0.25, 0.3) is 5.91 Å². The van der Waals surface area contributed by atoms with Crippen molar-refractivity contribution in [1.29, 1.82) is 0 Å². The molecule has 0 aliphatic carbocycles. The average molecular weight is 260 g/mol. The van der Waals surface area contributed by atoms with Crippen LogP contribution in [-0.2, 0) is 22.1 Å². The second-order valence-electron chi connectivity index (χ2n) is 3.23. The van der Waals surface area contributed by atoms with E-state index in [0.717, 1.165) is 4.68 Å². The molecule has 9 heteroatoms. The Morgan fingerprint density at radius 3 is 2.88 bits per heavy atom. The highest BCUT2D eigenvalue weighted by Crippen LogP contribution is 1.93. The van der Waals surface area contributed by atoms with Gasteiger partial charge in [-0.05, 0) is 0 Å². The van der Waals surface area contributed by atoms with Crippen molar-refractivity contribution in [2.24, 2.45) is 0 Å². The maximum atomic E-state index is 11.5. The third-order valence-electron chi connectivity index (χ3n) is 1.74. The molecule has 1 aromatic rings. The van der Waals surface area contributed by atoms with E-state index >= 15 is 0 Å². The molecule has 0 radical (unpaired) electrons. The van der Waals surface area contributed by atoms with Crippen LogP contribution in [-0.4, -0.2) is 54.7 Å². The predicted octanol–water partition coefficient (Wildman–Crippen LogP) is -1.53. The molecular weight excluding hydrogens is 248 g/mol. The van der Waals surface area contributed by atoms with Gasteiger partial charge in [0.1, 0.15) is 6.54 Å². The molecule has 0 saturated heterocycles. The summed E-state index contributed by atoms with van der Waals surface area (Å²) >= 11 is 0. The zero-order chi connectivity index (χ0) is 12.8. The molecule has 0 aromatic carbocycles. The van der Waals surface area contributed by atoms with Crippen LogP contribution in [0, 0.1) is 0 Å². The molecule has 2 N–H and O–H groups in total. The van der Waals surface area contributed by atoms with Crippen LogP contribution in [0.2, 0.25) is 0 Å². The lowest BCUT2D eigenvalue weighted by Gasteiger charge is -1.99. The highest BCUT2D eigenvalue weighted by atomic mass is 32.2. The maximum absolute atomic E-state index is 11.5. The van der Waals surface area contributed by atoms with E-state index in [1.807, 2.05) is 0 Å². The number of aromatic nitrogens is 3. The third-order valence-corrected chi connectivity index (χ3v) is 2.52. The van der Waals surface area contributed by atoms with Crippen molar-refractivity contribution in [2.45, 2.75) is 6.54 Å². The zero-order valence-electron chi connectivity index (χ0n) is 9.12. The molecule has 0 aliphatic heterocycles. The Labute approximate surface area is 99.5 Å². The zero-order valence-corrected chi connectivity index (χ0v) is 9.94. The number of carbonyl (C=O) groups excluding carboxylic acids is 1. The summed E-state index contributed by atoms with van der Waals surface area (Å²) in [7, 11) is -0.975. The van der Waals surface area contributed by atoms with Gasteiger partial charge in [-0.3, -0.25) is 13.8 Å². The highest BCUT2D eigenvalue weighted by Gasteiger charge is 2.11. The van der Waals surface area contributed by atoms with Crippen LogP contribution in [0.5, 0.6) is 0 Å². The summed E-state index contributed by atoms with van der Waals surface area (Å²) in [5.74, 6) is -1.18. The number of rotatable bonds is 6. The molecule has 0 spiro atoms. The molecule has 0 aliphatic rings. The van der Waals surface area contributed by atoms with E-state index in [2.05, 4.69) is 15.6 Å². The van der Waals surface area contributed by atoms with E-state index in [-0.39, 0.29) is 18.8 Å². The van der Waals surface area contributed by atoms with Gasteiger partial charge >= 0.3 is 5.97 Å². The van der Waals surface area contributed by atoms with Gasteiger partial charge in [0.05, 0.1) is 6.20 Å². The van der Waals surface area contributed by atoms with Gasteiger partial charge in [-0.1, -0.05) is 5.21 Å². The van der Waals surface area contributed by atoms with Crippen molar-refractivity contribution >= 4 is 22.7 Å². The minimum atomic E-state index is -1.07. The topological polar surface area (TPSA) is 114 Å². The lowest BCUT2D eigenvalue weighted by molar-refractivity contribution is -0.137. The van der Waals surface area contributed by atoms with E-state index in [1.165, 1.54) is 12.5 Å². The normalized spacial score (nSPS) is 12.1. The first-order chi connectivity index (χ1) is 7.99. The summed E-state index contributed by atoms with van der Waals surface area (Å²) in [6.07, 6.45) is 2.78. The molecule has 1 rings (SSSR count). The largest absolute Gasteiger partial charge is 0.480 e. The first kappa shape index (κ1) is 13.3. The van der Waals surface area contributed by atoms with Gasteiger partial charge in [-0.2, -0.15) is 0 Å². The fourth-order valence-electron chi connectivity index (χ4n) is 1.02. The number of aliphatic carboxylic acids is 1. The summed E-state index contributed by atoms with van der Waals surface area (Å²) in [4.78, 5) is 21.8. The minimum Gasteiger partial charge on any atom is -0.480 e. The van der Waals surface area contributed by atoms with E-state index in [4.69, 9.17) is 5.11 Å². The lowest BCUT2D eigenvalue weighted by atomic mass is 10.4. The summed E-state index contributed by atoms with van der Waals surface area (Å²) in [5.41, 5.74) is 0.0353. The number of hydrogen-bond acceptors (Lipinski definition) is 5. The van der Waals surface area contributed by atoms with Crippen molar-refractivity contribution in [2.75, 3.05) is 18.6 Å². The first-order valence-corrected chi connectivity index (χ1v) is 6.42. The van der Waals surface area contributed by atoms with Gasteiger partial charge in [0.2, 0.25) is 0 Å². The number of amides is 1. The molecule has 1 atom stereocenters. The first-order valence-electron chi connectivity index (χ1n) is 4.69. The second-order valence-corrected chi connectivity index (χ2v) is 4.78. The van der Waals surface area contributed by atoms with Gasteiger partial charge in [0.15, 0.2) is 5.69 Å². The number of hydrogen-bond donors (Lipinski definition) is 2. The number of nitrogens with zero attached hydrogens (tertiary/aromatic N) is 3. The van der Waals surface area contributed by atoms with Gasteiger partial charge in [-0.25, -0.2) is 4.68 Å². The maximum Gasteiger partial charge on any atom is 0.325 e. The van der Waals surface area contributed by atoms with Crippen LogP contribution in [0.25, 0.3) is 0 Å². The van der Waals surface area contributed by atoms with Crippen LogP contribution in [0.1, 0.15) is 10.5 Å². The fourth-order valence-corrected chi connectivity index (χ4v) is 1.41. The van der Waals surface area contributed by atoms with Crippen LogP contribution in [0.15, 0.2) is 6.20 Å². The van der Waals surface area contributed by atoms with Crippen molar-refractivity contribution in [1.82, 2.24) is 20.3 Å². The quantitative estimate of drug-likeness (QED) is 0.641. The number of carboxylic acids is 1. The molecule has 1 aromatic heterocycles. The van der Waals surface area contributed by atoms with Gasteiger partial charge < -0.3 is 10.4 Å². The molecule has 0 saturated carbocycles. The lowest BCUT2D eigenvalue weighted by Crippen LogP contribution is -2.27. The summed E-state index contributed by atoms with van der Waals surface area (Å²) < 4.78 is 11.8. The molecule has 8 nitrogen and oxygen atoms in total. The highest BCUT2D eigenvalue weighted by molar-refractivity contribution is 7.84. The predicted molar refractivity (Wildman–Crippen MR) is 58.9 cm³/mol. The fraction of sp³-hybridized carbons (Fsp3) is 0.500. The Bertz CT molecular complexity index is 444. The summed E-state index contributed by atoms with van der Waals surface area (Å²) in [6, 6.07) is 0. The Hall–Kier alpha value is -1.77. The van der Waals surface area contributed by atoms with Crippen LogP contribution in [0.4, 0.5) is 0 Å². The average Bonchev–Trinajstić information content (AvgIpc) is 2.64. The molecule has 0 bridgehead atoms. The number of carbonyl (C=O) groups is 2. The van der Waals surface area contributed by atoms with Gasteiger partial charge in [-0.15, -0.1) is 5.10 Å². The Morgan fingerprint density at radius 1 is 1.59 bits per heavy atom. The molecular formula is C8H12N4O4S.